The molecule has 0 bridgehead atoms. The molecule has 1 heterocycles. The molecule has 0 spiro atoms. The molecule has 1 amide bonds. The van der Waals surface area contributed by atoms with Crippen molar-refractivity contribution in [3.8, 4) is 5.75 Å². The van der Waals surface area contributed by atoms with Crippen LogP contribution >= 0.6 is 11.6 Å². The summed E-state index contributed by atoms with van der Waals surface area (Å²) in [7, 11) is 1.68. The number of carbonyl (C=O) groups is 2. The van der Waals surface area contributed by atoms with Crippen molar-refractivity contribution in [3.63, 3.8) is 0 Å². The third kappa shape index (κ3) is 4.68. The van der Waals surface area contributed by atoms with E-state index in [1.54, 1.807) is 38.2 Å². The molecule has 2 aromatic carbocycles. The smallest absolute Gasteiger partial charge is 0.338 e. The Morgan fingerprint density at radius 2 is 1.96 bits per heavy atom. The highest BCUT2D eigenvalue weighted by molar-refractivity contribution is 6.30. The van der Waals surface area contributed by atoms with Crippen molar-refractivity contribution < 1.29 is 19.1 Å². The van der Waals surface area contributed by atoms with E-state index in [9.17, 15) is 9.59 Å². The highest BCUT2D eigenvalue weighted by Gasteiger charge is 2.25. The van der Waals surface area contributed by atoms with Crippen molar-refractivity contribution in [1.29, 1.82) is 0 Å². The molecule has 1 aliphatic rings. The van der Waals surface area contributed by atoms with Crippen LogP contribution in [0.3, 0.4) is 0 Å². The second kappa shape index (κ2) is 8.27. The van der Waals surface area contributed by atoms with Gasteiger partial charge in [-0.3, -0.25) is 4.79 Å². The first-order valence-electron chi connectivity index (χ1n) is 8.57. The molecule has 1 atom stereocenters. The van der Waals surface area contributed by atoms with E-state index in [0.717, 1.165) is 5.56 Å². The van der Waals surface area contributed by atoms with Crippen LogP contribution in [0.4, 0.5) is 0 Å². The van der Waals surface area contributed by atoms with Crippen molar-refractivity contribution in [2.24, 2.45) is 0 Å². The molecule has 0 aliphatic carbocycles. The maximum atomic E-state index is 12.5. The SMILES string of the molecule is CC(OC(=O)C1=Cc2cc(Cl)ccc2OC1)C(=O)N(C)Cc1ccccc1. The number of fused-ring (bicyclic) bond motifs is 1. The molecule has 27 heavy (non-hydrogen) atoms. The van der Waals surface area contributed by atoms with E-state index >= 15 is 0 Å². The lowest BCUT2D eigenvalue weighted by atomic mass is 10.1. The summed E-state index contributed by atoms with van der Waals surface area (Å²) < 4.78 is 10.9. The molecule has 0 aromatic heterocycles. The molecular formula is C21H20ClNO4. The minimum Gasteiger partial charge on any atom is -0.488 e. The number of hydrogen-bond acceptors (Lipinski definition) is 4. The minimum absolute atomic E-state index is 0.0915. The highest BCUT2D eigenvalue weighted by Crippen LogP contribution is 2.29. The zero-order valence-corrected chi connectivity index (χ0v) is 15.9. The zero-order valence-electron chi connectivity index (χ0n) is 15.1. The van der Waals surface area contributed by atoms with Gasteiger partial charge in [-0.05, 0) is 36.8 Å². The molecule has 140 valence electrons. The van der Waals surface area contributed by atoms with Crippen LogP contribution in [0, 0.1) is 0 Å². The van der Waals surface area contributed by atoms with Gasteiger partial charge in [-0.1, -0.05) is 41.9 Å². The Kier molecular flexibility index (Phi) is 5.81. The molecule has 0 saturated heterocycles. The standard InChI is InChI=1S/C21H20ClNO4/c1-14(20(24)23(2)12-15-6-4-3-5-7-15)27-21(25)17-10-16-11-18(22)8-9-19(16)26-13-17/h3-11,14H,12-13H2,1-2H3. The number of nitrogens with zero attached hydrogens (tertiary/aromatic N) is 1. The number of benzene rings is 2. The van der Waals surface area contributed by atoms with Gasteiger partial charge in [-0.25, -0.2) is 4.79 Å². The Labute approximate surface area is 163 Å². The van der Waals surface area contributed by atoms with Crippen LogP contribution in [0.2, 0.25) is 5.02 Å². The number of hydrogen-bond donors (Lipinski definition) is 0. The molecule has 1 unspecified atom stereocenters. The molecule has 0 N–H and O–H groups in total. The molecular weight excluding hydrogens is 366 g/mol. The molecule has 0 saturated carbocycles. The van der Waals surface area contributed by atoms with Crippen LogP contribution in [-0.2, 0) is 20.9 Å². The zero-order chi connectivity index (χ0) is 19.4. The predicted molar refractivity (Wildman–Crippen MR) is 103 cm³/mol. The molecule has 0 fully saturated rings. The second-order valence-electron chi connectivity index (χ2n) is 6.37. The van der Waals surface area contributed by atoms with Crippen molar-refractivity contribution in [1.82, 2.24) is 4.90 Å². The average Bonchev–Trinajstić information content (AvgIpc) is 2.67. The van der Waals surface area contributed by atoms with E-state index in [1.165, 1.54) is 4.90 Å². The number of ether oxygens (including phenoxy) is 2. The van der Waals surface area contributed by atoms with Gasteiger partial charge in [0.15, 0.2) is 6.10 Å². The largest absolute Gasteiger partial charge is 0.488 e. The van der Waals surface area contributed by atoms with E-state index in [-0.39, 0.29) is 12.5 Å². The predicted octanol–water partition coefficient (Wildman–Crippen LogP) is 3.71. The van der Waals surface area contributed by atoms with Gasteiger partial charge in [0.1, 0.15) is 12.4 Å². The summed E-state index contributed by atoms with van der Waals surface area (Å²) in [4.78, 5) is 26.4. The number of carbonyl (C=O) groups excluding carboxylic acids is 2. The lowest BCUT2D eigenvalue weighted by Gasteiger charge is -2.23. The van der Waals surface area contributed by atoms with Gasteiger partial charge in [0.2, 0.25) is 0 Å². The Balaban J connectivity index is 1.62. The van der Waals surface area contributed by atoms with Crippen molar-refractivity contribution >= 4 is 29.6 Å². The molecule has 1 aliphatic heterocycles. The van der Waals surface area contributed by atoms with Gasteiger partial charge < -0.3 is 14.4 Å². The molecule has 0 radical (unpaired) electrons. The molecule has 6 heteroatoms. The van der Waals surface area contributed by atoms with Crippen LogP contribution in [-0.4, -0.2) is 36.5 Å². The summed E-state index contributed by atoms with van der Waals surface area (Å²) in [5, 5.41) is 0.550. The summed E-state index contributed by atoms with van der Waals surface area (Å²) in [6, 6.07) is 14.8. The van der Waals surface area contributed by atoms with E-state index in [1.807, 2.05) is 30.3 Å². The fraction of sp³-hybridized carbons (Fsp3) is 0.238. The Hall–Kier alpha value is -2.79. The third-order valence-corrected chi connectivity index (χ3v) is 4.45. The number of esters is 1. The summed E-state index contributed by atoms with van der Waals surface area (Å²) >= 11 is 5.98. The van der Waals surface area contributed by atoms with E-state index in [4.69, 9.17) is 21.1 Å². The van der Waals surface area contributed by atoms with Gasteiger partial charge in [-0.15, -0.1) is 0 Å². The number of rotatable bonds is 5. The number of amides is 1. The third-order valence-electron chi connectivity index (χ3n) is 4.22. The van der Waals surface area contributed by atoms with Crippen molar-refractivity contribution in [2.75, 3.05) is 13.7 Å². The van der Waals surface area contributed by atoms with Crippen LogP contribution in [0.1, 0.15) is 18.1 Å². The van der Waals surface area contributed by atoms with Gasteiger partial charge in [-0.2, -0.15) is 0 Å². The monoisotopic (exact) mass is 385 g/mol. The fourth-order valence-corrected chi connectivity index (χ4v) is 2.98. The Morgan fingerprint density at radius 1 is 1.22 bits per heavy atom. The Bertz CT molecular complexity index is 879. The fourth-order valence-electron chi connectivity index (χ4n) is 2.80. The quantitative estimate of drug-likeness (QED) is 0.736. The summed E-state index contributed by atoms with van der Waals surface area (Å²) in [5.74, 6) is -0.190. The Morgan fingerprint density at radius 3 is 2.70 bits per heavy atom. The first-order chi connectivity index (χ1) is 12.9. The number of halogens is 1. The maximum Gasteiger partial charge on any atom is 0.338 e. The topological polar surface area (TPSA) is 55.8 Å². The van der Waals surface area contributed by atoms with E-state index < -0.39 is 12.1 Å². The number of likely N-dealkylation sites (N-methyl/N-ethyl adjacent to an activating group) is 1. The van der Waals surface area contributed by atoms with Gasteiger partial charge >= 0.3 is 5.97 Å². The van der Waals surface area contributed by atoms with E-state index in [2.05, 4.69) is 0 Å². The highest BCUT2D eigenvalue weighted by atomic mass is 35.5. The summed E-state index contributed by atoms with van der Waals surface area (Å²) in [6.45, 7) is 2.10. The maximum absolute atomic E-state index is 12.5. The average molecular weight is 386 g/mol. The van der Waals surface area contributed by atoms with Gasteiger partial charge in [0.05, 0.1) is 5.57 Å². The summed E-state index contributed by atoms with van der Waals surface area (Å²) in [5.41, 5.74) is 2.06. The molecule has 5 nitrogen and oxygen atoms in total. The van der Waals surface area contributed by atoms with Crippen LogP contribution < -0.4 is 4.74 Å². The first kappa shape index (κ1) is 19.0. The van der Waals surface area contributed by atoms with Crippen molar-refractivity contribution in [3.05, 3.63) is 70.3 Å². The van der Waals surface area contributed by atoms with E-state index in [0.29, 0.717) is 28.5 Å². The van der Waals surface area contributed by atoms with Gasteiger partial charge in [0.25, 0.3) is 5.91 Å². The van der Waals surface area contributed by atoms with Crippen molar-refractivity contribution in [2.45, 2.75) is 19.6 Å². The lowest BCUT2D eigenvalue weighted by Crippen LogP contribution is -2.37. The van der Waals surface area contributed by atoms with Gasteiger partial charge in [0, 0.05) is 24.2 Å². The molecule has 2 aromatic rings. The van der Waals surface area contributed by atoms with Crippen LogP contribution in [0.15, 0.2) is 54.1 Å². The second-order valence-corrected chi connectivity index (χ2v) is 6.80. The first-order valence-corrected chi connectivity index (χ1v) is 8.94. The summed E-state index contributed by atoms with van der Waals surface area (Å²) in [6.07, 6.45) is 0.783. The van der Waals surface area contributed by atoms with Crippen LogP contribution in [0.5, 0.6) is 5.75 Å². The lowest BCUT2D eigenvalue weighted by molar-refractivity contribution is -0.155. The minimum atomic E-state index is -0.895. The normalized spacial score (nSPS) is 13.7. The molecule has 3 rings (SSSR count). The van der Waals surface area contributed by atoms with Crippen LogP contribution in [0.25, 0.3) is 6.08 Å².